The highest BCUT2D eigenvalue weighted by atomic mass is 15.2. The maximum absolute atomic E-state index is 9.45. The van der Waals surface area contributed by atoms with Gasteiger partial charge in [-0.1, -0.05) is 18.2 Å². The van der Waals surface area contributed by atoms with Gasteiger partial charge in [0.25, 0.3) is 0 Å². The van der Waals surface area contributed by atoms with Crippen molar-refractivity contribution in [2.24, 2.45) is 0 Å². The van der Waals surface area contributed by atoms with Gasteiger partial charge in [-0.3, -0.25) is 4.98 Å². The second kappa shape index (κ2) is 5.71. The average Bonchev–Trinajstić information content (AvgIpc) is 2.53. The molecule has 21 heavy (non-hydrogen) atoms. The number of benzene rings is 1. The summed E-state index contributed by atoms with van der Waals surface area (Å²) in [6.45, 7) is 2.20. The number of hydrogen-bond acceptors (Lipinski definition) is 4. The fourth-order valence-electron chi connectivity index (χ4n) is 3.23. The lowest BCUT2D eigenvalue weighted by Crippen LogP contribution is -2.45. The molecular formula is C17H20N4. The first-order chi connectivity index (χ1) is 10.2. The molecule has 0 N–H and O–H groups in total. The van der Waals surface area contributed by atoms with Crippen molar-refractivity contribution in [3.05, 3.63) is 36.0 Å². The average molecular weight is 280 g/mol. The van der Waals surface area contributed by atoms with Crippen molar-refractivity contribution in [1.82, 2.24) is 9.88 Å². The molecule has 108 valence electrons. The summed E-state index contributed by atoms with van der Waals surface area (Å²) in [6, 6.07) is 10.8. The van der Waals surface area contributed by atoms with Gasteiger partial charge in [0.15, 0.2) is 0 Å². The minimum atomic E-state index is 0.446. The highest BCUT2D eigenvalue weighted by Gasteiger charge is 2.24. The van der Waals surface area contributed by atoms with E-state index in [1.807, 2.05) is 18.2 Å². The van der Waals surface area contributed by atoms with E-state index in [0.29, 0.717) is 11.6 Å². The topological polar surface area (TPSA) is 43.2 Å². The Hall–Kier alpha value is -2.12. The van der Waals surface area contributed by atoms with E-state index >= 15 is 0 Å². The van der Waals surface area contributed by atoms with Crippen LogP contribution in [0.15, 0.2) is 30.5 Å². The highest BCUT2D eigenvalue weighted by Crippen LogP contribution is 2.31. The van der Waals surface area contributed by atoms with Gasteiger partial charge < -0.3 is 9.80 Å². The molecule has 0 amide bonds. The van der Waals surface area contributed by atoms with Crippen LogP contribution in [0.4, 0.5) is 5.69 Å². The van der Waals surface area contributed by atoms with Gasteiger partial charge in [-0.25, -0.2) is 0 Å². The Morgan fingerprint density at radius 3 is 2.95 bits per heavy atom. The lowest BCUT2D eigenvalue weighted by atomic mass is 10.0. The molecule has 2 aromatic rings. The zero-order valence-corrected chi connectivity index (χ0v) is 12.6. The van der Waals surface area contributed by atoms with Crippen LogP contribution in [0, 0.1) is 11.3 Å². The number of para-hydroxylation sites is 1. The normalized spacial score (nSPS) is 19.4. The molecule has 0 radical (unpaired) electrons. The van der Waals surface area contributed by atoms with Crippen molar-refractivity contribution < 1.29 is 0 Å². The summed E-state index contributed by atoms with van der Waals surface area (Å²) in [5, 5.41) is 10.5. The lowest BCUT2D eigenvalue weighted by molar-refractivity contribution is 0.248. The molecule has 4 nitrogen and oxygen atoms in total. The molecule has 0 aliphatic carbocycles. The molecule has 1 fully saturated rings. The van der Waals surface area contributed by atoms with Crippen LogP contribution in [0.25, 0.3) is 10.9 Å². The van der Waals surface area contributed by atoms with Crippen LogP contribution >= 0.6 is 0 Å². The zero-order chi connectivity index (χ0) is 14.8. The first-order valence-corrected chi connectivity index (χ1v) is 7.40. The van der Waals surface area contributed by atoms with Gasteiger partial charge in [-0.2, -0.15) is 5.26 Å². The number of aromatic nitrogens is 1. The Kier molecular flexibility index (Phi) is 3.76. The van der Waals surface area contributed by atoms with E-state index in [0.717, 1.165) is 29.7 Å². The third-order valence-electron chi connectivity index (χ3n) is 4.37. The number of pyridine rings is 1. The van der Waals surface area contributed by atoms with Crippen LogP contribution in [0.2, 0.25) is 0 Å². The summed E-state index contributed by atoms with van der Waals surface area (Å²) in [7, 11) is 4.27. The van der Waals surface area contributed by atoms with E-state index in [1.165, 1.54) is 12.8 Å². The van der Waals surface area contributed by atoms with Crippen LogP contribution in [-0.2, 0) is 0 Å². The van der Waals surface area contributed by atoms with Crippen molar-refractivity contribution in [3.8, 4) is 6.07 Å². The number of hydrogen-bond donors (Lipinski definition) is 0. The SMILES string of the molecule is CN1CCCC(N(C)c2c(C#N)cnc3ccccc23)C1. The fraction of sp³-hybridized carbons (Fsp3) is 0.412. The number of anilines is 1. The third-order valence-corrected chi connectivity index (χ3v) is 4.37. The quantitative estimate of drug-likeness (QED) is 0.848. The molecule has 1 saturated heterocycles. The molecule has 0 saturated carbocycles. The van der Waals surface area contributed by atoms with Gasteiger partial charge in [-0.15, -0.1) is 0 Å². The number of likely N-dealkylation sites (tertiary alicyclic amines) is 1. The molecule has 4 heteroatoms. The maximum Gasteiger partial charge on any atom is 0.103 e. The van der Waals surface area contributed by atoms with Gasteiger partial charge >= 0.3 is 0 Å². The first-order valence-electron chi connectivity index (χ1n) is 7.40. The van der Waals surface area contributed by atoms with Crippen molar-refractivity contribution in [2.45, 2.75) is 18.9 Å². The minimum Gasteiger partial charge on any atom is -0.369 e. The molecule has 0 spiro atoms. The molecule has 1 atom stereocenters. The smallest absolute Gasteiger partial charge is 0.103 e. The summed E-state index contributed by atoms with van der Waals surface area (Å²) < 4.78 is 0. The largest absolute Gasteiger partial charge is 0.369 e. The van der Waals surface area contributed by atoms with Crippen LogP contribution in [-0.4, -0.2) is 43.1 Å². The Bertz CT molecular complexity index is 689. The summed E-state index contributed by atoms with van der Waals surface area (Å²) in [5.74, 6) is 0. The van der Waals surface area contributed by atoms with Gasteiger partial charge in [0, 0.05) is 31.2 Å². The molecule has 2 heterocycles. The highest BCUT2D eigenvalue weighted by molar-refractivity contribution is 5.94. The summed E-state index contributed by atoms with van der Waals surface area (Å²) in [4.78, 5) is 9.03. The second-order valence-corrected chi connectivity index (χ2v) is 5.82. The van der Waals surface area contributed by atoms with Crippen molar-refractivity contribution in [3.63, 3.8) is 0 Å². The number of fused-ring (bicyclic) bond motifs is 1. The lowest BCUT2D eigenvalue weighted by Gasteiger charge is -2.37. The van der Waals surface area contributed by atoms with Crippen LogP contribution in [0.3, 0.4) is 0 Å². The van der Waals surface area contributed by atoms with E-state index < -0.39 is 0 Å². The molecule has 1 unspecified atom stereocenters. The van der Waals surface area contributed by atoms with Crippen molar-refractivity contribution >= 4 is 16.6 Å². The van der Waals surface area contributed by atoms with Crippen LogP contribution in [0.1, 0.15) is 18.4 Å². The minimum absolute atomic E-state index is 0.446. The predicted octanol–water partition coefficient (Wildman–Crippen LogP) is 2.64. The molecule has 1 aromatic carbocycles. The Balaban J connectivity index is 2.07. The summed E-state index contributed by atoms with van der Waals surface area (Å²) >= 11 is 0. The van der Waals surface area contributed by atoms with Crippen LogP contribution in [0.5, 0.6) is 0 Å². The number of likely N-dealkylation sites (N-methyl/N-ethyl adjacent to an activating group) is 2. The second-order valence-electron chi connectivity index (χ2n) is 5.82. The molecule has 1 aliphatic heterocycles. The predicted molar refractivity (Wildman–Crippen MR) is 85.4 cm³/mol. The van der Waals surface area contributed by atoms with Gasteiger partial charge in [0.2, 0.25) is 0 Å². The van der Waals surface area contributed by atoms with E-state index in [1.54, 1.807) is 6.20 Å². The standard InChI is InChI=1S/C17H20N4/c1-20-9-5-6-14(12-20)21(2)17-13(10-18)11-19-16-8-4-3-7-15(16)17/h3-4,7-8,11,14H,5-6,9,12H2,1-2H3. The Morgan fingerprint density at radius 1 is 1.38 bits per heavy atom. The number of piperidine rings is 1. The summed E-state index contributed by atoms with van der Waals surface area (Å²) in [5.41, 5.74) is 2.62. The fourth-order valence-corrected chi connectivity index (χ4v) is 3.23. The first kappa shape index (κ1) is 13.8. The van der Waals surface area contributed by atoms with Gasteiger partial charge in [0.05, 0.1) is 16.8 Å². The molecule has 1 aromatic heterocycles. The van der Waals surface area contributed by atoms with E-state index in [4.69, 9.17) is 0 Å². The third kappa shape index (κ3) is 2.57. The van der Waals surface area contributed by atoms with Crippen LogP contribution < -0.4 is 4.90 Å². The monoisotopic (exact) mass is 280 g/mol. The van der Waals surface area contributed by atoms with E-state index in [2.05, 4.69) is 41.0 Å². The molecular weight excluding hydrogens is 260 g/mol. The maximum atomic E-state index is 9.45. The molecule has 0 bridgehead atoms. The Morgan fingerprint density at radius 2 is 2.19 bits per heavy atom. The van der Waals surface area contributed by atoms with Gasteiger partial charge in [-0.05, 0) is 32.5 Å². The number of nitrogens with zero attached hydrogens (tertiary/aromatic N) is 4. The van der Waals surface area contributed by atoms with E-state index in [-0.39, 0.29) is 0 Å². The van der Waals surface area contributed by atoms with Crippen molar-refractivity contribution in [1.29, 1.82) is 5.26 Å². The number of nitriles is 1. The van der Waals surface area contributed by atoms with Gasteiger partial charge in [0.1, 0.15) is 6.07 Å². The Labute approximate surface area is 125 Å². The molecule has 3 rings (SSSR count). The summed E-state index contributed by atoms with van der Waals surface area (Å²) in [6.07, 6.45) is 4.07. The van der Waals surface area contributed by atoms with E-state index in [9.17, 15) is 5.26 Å². The zero-order valence-electron chi connectivity index (χ0n) is 12.6. The molecule has 1 aliphatic rings. The van der Waals surface area contributed by atoms with Crippen molar-refractivity contribution in [2.75, 3.05) is 32.1 Å². The number of rotatable bonds is 2.